The van der Waals surface area contributed by atoms with Crippen LogP contribution < -0.4 is 5.73 Å². The van der Waals surface area contributed by atoms with Crippen LogP contribution >= 0.6 is 11.8 Å². The first-order valence-corrected chi connectivity index (χ1v) is 6.18. The second-order valence-corrected chi connectivity index (χ2v) is 4.56. The molecule has 0 radical (unpaired) electrons. The molecule has 0 aliphatic heterocycles. The molecule has 0 bridgehead atoms. The topological polar surface area (TPSA) is 70.1 Å². The van der Waals surface area contributed by atoms with Crippen molar-refractivity contribution in [3.8, 4) is 0 Å². The van der Waals surface area contributed by atoms with Crippen LogP contribution in [0.1, 0.15) is 12.1 Å². The Kier molecular flexibility index (Phi) is 5.34. The van der Waals surface area contributed by atoms with Crippen LogP contribution in [0.5, 0.6) is 0 Å². The number of hydrogen-bond acceptors (Lipinski definition) is 5. The molecular formula is C10H17N3O2S. The Morgan fingerprint density at radius 3 is 3.06 bits per heavy atom. The van der Waals surface area contributed by atoms with Crippen molar-refractivity contribution in [2.45, 2.75) is 18.2 Å². The van der Waals surface area contributed by atoms with Crippen molar-refractivity contribution in [2.24, 2.45) is 12.8 Å². The van der Waals surface area contributed by atoms with Gasteiger partial charge < -0.3 is 10.5 Å². The Labute approximate surface area is 99.3 Å². The molecule has 1 aromatic rings. The maximum Gasteiger partial charge on any atom is 0.322 e. The fourth-order valence-corrected chi connectivity index (χ4v) is 2.12. The molecule has 0 aliphatic rings. The molecule has 0 aliphatic carbocycles. The average molecular weight is 243 g/mol. The second-order valence-electron chi connectivity index (χ2n) is 3.45. The normalized spacial score (nSPS) is 12.4. The van der Waals surface area contributed by atoms with Crippen molar-refractivity contribution >= 4 is 17.7 Å². The van der Waals surface area contributed by atoms with Gasteiger partial charge in [-0.05, 0) is 18.2 Å². The molecule has 1 atom stereocenters. The van der Waals surface area contributed by atoms with Crippen LogP contribution in [0.2, 0.25) is 0 Å². The van der Waals surface area contributed by atoms with E-state index in [1.165, 1.54) is 7.11 Å². The Bertz CT molecular complexity index is 341. The molecule has 90 valence electrons. The number of aryl methyl sites for hydroxylation is 1. The highest BCUT2D eigenvalue weighted by molar-refractivity contribution is 7.98. The summed E-state index contributed by atoms with van der Waals surface area (Å²) in [6.45, 7) is 0. The van der Waals surface area contributed by atoms with Crippen molar-refractivity contribution in [3.05, 3.63) is 18.0 Å². The van der Waals surface area contributed by atoms with Gasteiger partial charge in [0.15, 0.2) is 0 Å². The summed E-state index contributed by atoms with van der Waals surface area (Å²) < 4.78 is 6.32. The van der Waals surface area contributed by atoms with E-state index in [-0.39, 0.29) is 5.97 Å². The van der Waals surface area contributed by atoms with Crippen LogP contribution in [0, 0.1) is 0 Å². The number of aromatic nitrogens is 2. The predicted molar refractivity (Wildman–Crippen MR) is 64.0 cm³/mol. The lowest BCUT2D eigenvalue weighted by atomic mass is 10.2. The maximum atomic E-state index is 11.0. The first kappa shape index (κ1) is 13.1. The molecule has 0 saturated heterocycles. The first-order valence-electron chi connectivity index (χ1n) is 5.03. The molecule has 5 nitrogen and oxygen atoms in total. The number of methoxy groups -OCH3 is 1. The van der Waals surface area contributed by atoms with Crippen molar-refractivity contribution < 1.29 is 9.53 Å². The van der Waals surface area contributed by atoms with E-state index in [0.29, 0.717) is 6.42 Å². The van der Waals surface area contributed by atoms with Crippen LogP contribution in [0.25, 0.3) is 0 Å². The lowest BCUT2D eigenvalue weighted by molar-refractivity contribution is -0.142. The van der Waals surface area contributed by atoms with Crippen LogP contribution in [-0.4, -0.2) is 34.7 Å². The van der Waals surface area contributed by atoms with Gasteiger partial charge >= 0.3 is 5.97 Å². The quantitative estimate of drug-likeness (QED) is 0.583. The summed E-state index contributed by atoms with van der Waals surface area (Å²) >= 11 is 1.71. The minimum Gasteiger partial charge on any atom is -0.468 e. The standard InChI is InChI=1S/C10H17N3O2S/c1-13-5-3-8(12-13)7-16-6-4-9(11)10(14)15-2/h3,5,9H,4,6-7,11H2,1-2H3. The number of thioether (sulfide) groups is 1. The van der Waals surface area contributed by atoms with Crippen LogP contribution in [0.15, 0.2) is 12.3 Å². The minimum atomic E-state index is -0.513. The summed E-state index contributed by atoms with van der Waals surface area (Å²) in [7, 11) is 3.24. The molecule has 0 aromatic carbocycles. The summed E-state index contributed by atoms with van der Waals surface area (Å²) in [5, 5.41) is 4.25. The zero-order valence-electron chi connectivity index (χ0n) is 9.55. The van der Waals surface area contributed by atoms with Crippen molar-refractivity contribution in [1.82, 2.24) is 9.78 Å². The Morgan fingerprint density at radius 2 is 2.50 bits per heavy atom. The Morgan fingerprint density at radius 1 is 1.75 bits per heavy atom. The number of carbonyl (C=O) groups is 1. The van der Waals surface area contributed by atoms with Gasteiger partial charge in [0.2, 0.25) is 0 Å². The SMILES string of the molecule is COC(=O)C(N)CCSCc1ccn(C)n1. The Balaban J connectivity index is 2.14. The number of esters is 1. The fraction of sp³-hybridized carbons (Fsp3) is 0.600. The number of hydrogen-bond donors (Lipinski definition) is 1. The minimum absolute atomic E-state index is 0.349. The number of nitrogens with zero attached hydrogens (tertiary/aromatic N) is 2. The molecule has 0 spiro atoms. The van der Waals surface area contributed by atoms with E-state index < -0.39 is 6.04 Å². The van der Waals surface area contributed by atoms with Gasteiger partial charge in [-0.2, -0.15) is 16.9 Å². The lowest BCUT2D eigenvalue weighted by Crippen LogP contribution is -2.31. The van der Waals surface area contributed by atoms with Crippen molar-refractivity contribution in [3.63, 3.8) is 0 Å². The highest BCUT2D eigenvalue weighted by Gasteiger charge is 2.12. The summed E-state index contributed by atoms with van der Waals surface area (Å²) in [5.41, 5.74) is 6.64. The van der Waals surface area contributed by atoms with E-state index in [9.17, 15) is 4.79 Å². The zero-order valence-corrected chi connectivity index (χ0v) is 10.4. The smallest absolute Gasteiger partial charge is 0.322 e. The molecule has 0 amide bonds. The van der Waals surface area contributed by atoms with Crippen molar-refractivity contribution in [1.29, 1.82) is 0 Å². The molecular weight excluding hydrogens is 226 g/mol. The van der Waals surface area contributed by atoms with E-state index in [4.69, 9.17) is 5.73 Å². The number of ether oxygens (including phenoxy) is 1. The van der Waals surface area contributed by atoms with Crippen LogP contribution in [-0.2, 0) is 22.3 Å². The van der Waals surface area contributed by atoms with Crippen LogP contribution in [0.3, 0.4) is 0 Å². The van der Waals surface area contributed by atoms with E-state index in [1.807, 2.05) is 19.3 Å². The predicted octanol–water partition coefficient (Wildman–Crippen LogP) is 0.544. The molecule has 16 heavy (non-hydrogen) atoms. The first-order chi connectivity index (χ1) is 7.63. The van der Waals surface area contributed by atoms with E-state index in [2.05, 4.69) is 9.84 Å². The Hall–Kier alpha value is -1.01. The molecule has 2 N–H and O–H groups in total. The molecule has 0 saturated carbocycles. The summed E-state index contributed by atoms with van der Waals surface area (Å²) in [6, 6.07) is 1.47. The summed E-state index contributed by atoms with van der Waals surface area (Å²) in [5.74, 6) is 1.32. The van der Waals surface area contributed by atoms with Gasteiger partial charge in [-0.3, -0.25) is 9.48 Å². The highest BCUT2D eigenvalue weighted by Crippen LogP contribution is 2.11. The molecule has 1 aromatic heterocycles. The molecule has 1 rings (SSSR count). The number of rotatable bonds is 6. The van der Waals surface area contributed by atoms with Gasteiger partial charge in [0.05, 0.1) is 12.8 Å². The molecule has 1 heterocycles. The maximum absolute atomic E-state index is 11.0. The third-order valence-corrected chi connectivity index (χ3v) is 3.12. The molecule has 1 unspecified atom stereocenters. The monoisotopic (exact) mass is 243 g/mol. The largest absolute Gasteiger partial charge is 0.468 e. The fourth-order valence-electron chi connectivity index (χ4n) is 1.20. The van der Waals surface area contributed by atoms with Gasteiger partial charge in [0.25, 0.3) is 0 Å². The molecule has 0 fully saturated rings. The van der Waals surface area contributed by atoms with E-state index in [1.54, 1.807) is 16.4 Å². The summed E-state index contributed by atoms with van der Waals surface area (Å²) in [6.07, 6.45) is 2.54. The van der Waals surface area contributed by atoms with E-state index in [0.717, 1.165) is 17.2 Å². The van der Waals surface area contributed by atoms with E-state index >= 15 is 0 Å². The summed E-state index contributed by atoms with van der Waals surface area (Å²) in [4.78, 5) is 11.0. The zero-order chi connectivity index (χ0) is 12.0. The van der Waals surface area contributed by atoms with Gasteiger partial charge in [-0.25, -0.2) is 0 Å². The van der Waals surface area contributed by atoms with Gasteiger partial charge in [-0.1, -0.05) is 0 Å². The average Bonchev–Trinajstić information content (AvgIpc) is 2.69. The third-order valence-electron chi connectivity index (χ3n) is 2.10. The number of carbonyl (C=O) groups excluding carboxylic acids is 1. The lowest BCUT2D eigenvalue weighted by Gasteiger charge is -2.07. The van der Waals surface area contributed by atoms with Gasteiger partial charge in [0, 0.05) is 19.0 Å². The number of nitrogens with two attached hydrogens (primary N) is 1. The third kappa shape index (κ3) is 4.24. The highest BCUT2D eigenvalue weighted by atomic mass is 32.2. The van der Waals surface area contributed by atoms with Crippen LogP contribution in [0.4, 0.5) is 0 Å². The van der Waals surface area contributed by atoms with Crippen molar-refractivity contribution in [2.75, 3.05) is 12.9 Å². The molecule has 6 heteroatoms. The second kappa shape index (κ2) is 6.55. The van der Waals surface area contributed by atoms with Gasteiger partial charge in [-0.15, -0.1) is 0 Å². The van der Waals surface area contributed by atoms with Gasteiger partial charge in [0.1, 0.15) is 6.04 Å².